The van der Waals surface area contributed by atoms with Crippen LogP contribution in [0.2, 0.25) is 0 Å². The minimum atomic E-state index is -0.238. The number of aromatic nitrogens is 2. The van der Waals surface area contributed by atoms with Gasteiger partial charge >= 0.3 is 0 Å². The second-order valence-electron chi connectivity index (χ2n) is 4.70. The highest BCUT2D eigenvalue weighted by Crippen LogP contribution is 2.30. The van der Waals surface area contributed by atoms with Crippen molar-refractivity contribution in [2.45, 2.75) is 6.92 Å². The number of aromatic hydroxyl groups is 2. The van der Waals surface area contributed by atoms with Crippen LogP contribution in [0, 0.1) is 6.92 Å². The van der Waals surface area contributed by atoms with Crippen molar-refractivity contribution in [1.82, 2.24) is 10.1 Å². The molecule has 106 valence electrons. The first-order chi connectivity index (χ1) is 10.0. The molecular weight excluding hydrogens is 270 g/mol. The van der Waals surface area contributed by atoms with E-state index in [1.807, 2.05) is 19.1 Å². The lowest BCUT2D eigenvalue weighted by molar-refractivity contribution is 0.404. The third-order valence-electron chi connectivity index (χ3n) is 3.19. The molecule has 0 atom stereocenters. The molecule has 4 N–H and O–H groups in total. The van der Waals surface area contributed by atoms with Crippen molar-refractivity contribution in [1.29, 1.82) is 0 Å². The number of rotatable bonds is 2. The normalized spacial score (nSPS) is 10.7. The zero-order chi connectivity index (χ0) is 15.0. The van der Waals surface area contributed by atoms with Gasteiger partial charge in [-0.1, -0.05) is 11.2 Å². The van der Waals surface area contributed by atoms with E-state index in [2.05, 4.69) is 10.1 Å². The monoisotopic (exact) mass is 283 g/mol. The molecule has 0 saturated carbocycles. The van der Waals surface area contributed by atoms with E-state index in [0.717, 1.165) is 11.1 Å². The van der Waals surface area contributed by atoms with Crippen molar-refractivity contribution in [3.63, 3.8) is 0 Å². The second-order valence-corrected chi connectivity index (χ2v) is 4.70. The van der Waals surface area contributed by atoms with Crippen LogP contribution in [0.3, 0.4) is 0 Å². The van der Waals surface area contributed by atoms with Crippen molar-refractivity contribution >= 4 is 5.69 Å². The summed E-state index contributed by atoms with van der Waals surface area (Å²) in [5.41, 5.74) is 8.75. The molecule has 2 aromatic carbocycles. The van der Waals surface area contributed by atoms with Gasteiger partial charge in [-0.15, -0.1) is 0 Å². The summed E-state index contributed by atoms with van der Waals surface area (Å²) < 4.78 is 5.21. The van der Waals surface area contributed by atoms with Crippen LogP contribution in [0.15, 0.2) is 40.9 Å². The van der Waals surface area contributed by atoms with Gasteiger partial charge in [-0.05, 0) is 42.8 Å². The highest BCUT2D eigenvalue weighted by atomic mass is 16.5. The molecule has 3 rings (SSSR count). The fraction of sp³-hybridized carbons (Fsp3) is 0.0667. The Morgan fingerprint density at radius 1 is 1.00 bits per heavy atom. The first-order valence-electron chi connectivity index (χ1n) is 6.27. The Balaban J connectivity index is 1.99. The van der Waals surface area contributed by atoms with Crippen LogP contribution in [0.5, 0.6) is 11.5 Å². The number of benzene rings is 2. The predicted molar refractivity (Wildman–Crippen MR) is 77.6 cm³/mol. The molecule has 0 saturated heterocycles. The molecule has 0 radical (unpaired) electrons. The highest BCUT2D eigenvalue weighted by molar-refractivity contribution is 5.65. The van der Waals surface area contributed by atoms with Gasteiger partial charge < -0.3 is 20.5 Å². The highest BCUT2D eigenvalue weighted by Gasteiger charge is 2.12. The molecule has 0 unspecified atom stereocenters. The Kier molecular flexibility index (Phi) is 2.98. The third kappa shape index (κ3) is 2.38. The fourth-order valence-electron chi connectivity index (χ4n) is 1.89. The minimum absolute atomic E-state index is 0.200. The lowest BCUT2D eigenvalue weighted by Crippen LogP contribution is -1.90. The largest absolute Gasteiger partial charge is 0.504 e. The number of nitrogen functional groups attached to an aromatic ring is 1. The topological polar surface area (TPSA) is 105 Å². The van der Waals surface area contributed by atoms with Gasteiger partial charge in [-0.3, -0.25) is 0 Å². The molecule has 0 amide bonds. The maximum Gasteiger partial charge on any atom is 0.258 e. The maximum absolute atomic E-state index is 9.50. The molecule has 0 aliphatic rings. The molecule has 0 spiro atoms. The number of hydrogen-bond acceptors (Lipinski definition) is 6. The van der Waals surface area contributed by atoms with Crippen LogP contribution in [0.1, 0.15) is 5.56 Å². The van der Waals surface area contributed by atoms with Crippen molar-refractivity contribution in [2.24, 2.45) is 0 Å². The molecule has 21 heavy (non-hydrogen) atoms. The van der Waals surface area contributed by atoms with Gasteiger partial charge in [0.2, 0.25) is 5.82 Å². The van der Waals surface area contributed by atoms with Crippen molar-refractivity contribution in [3.05, 3.63) is 42.0 Å². The van der Waals surface area contributed by atoms with E-state index in [0.29, 0.717) is 23.0 Å². The van der Waals surface area contributed by atoms with Gasteiger partial charge in [0.15, 0.2) is 11.5 Å². The summed E-state index contributed by atoms with van der Waals surface area (Å²) in [6.07, 6.45) is 0. The second kappa shape index (κ2) is 4.82. The molecule has 0 bridgehead atoms. The summed E-state index contributed by atoms with van der Waals surface area (Å²) in [4.78, 5) is 4.27. The number of hydrogen-bond donors (Lipinski definition) is 3. The Morgan fingerprint density at radius 3 is 2.48 bits per heavy atom. The molecule has 6 nitrogen and oxygen atoms in total. The van der Waals surface area contributed by atoms with E-state index in [4.69, 9.17) is 10.3 Å². The van der Waals surface area contributed by atoms with Crippen molar-refractivity contribution in [2.75, 3.05) is 5.73 Å². The lowest BCUT2D eigenvalue weighted by Gasteiger charge is -2.00. The molecule has 0 aliphatic carbocycles. The molecule has 0 aliphatic heterocycles. The first kappa shape index (κ1) is 13.0. The summed E-state index contributed by atoms with van der Waals surface area (Å²) in [6, 6.07) is 9.81. The molecule has 1 aromatic heterocycles. The zero-order valence-electron chi connectivity index (χ0n) is 11.2. The molecular formula is C15H13N3O3. The quantitative estimate of drug-likeness (QED) is 0.493. The standard InChI is InChI=1S/C15H13N3O3/c1-8-2-3-10(6-11(8)16)15-17-14(18-21-15)9-4-5-12(19)13(20)7-9/h2-7,19-20H,16H2,1H3. The van der Waals surface area contributed by atoms with Crippen LogP contribution >= 0.6 is 0 Å². The number of aryl methyl sites for hydroxylation is 1. The van der Waals surface area contributed by atoms with Crippen molar-refractivity contribution < 1.29 is 14.7 Å². The van der Waals surface area contributed by atoms with Crippen LogP contribution in [-0.2, 0) is 0 Å². The average molecular weight is 283 g/mol. The third-order valence-corrected chi connectivity index (χ3v) is 3.19. The Labute approximate surface area is 120 Å². The van der Waals surface area contributed by atoms with E-state index in [1.54, 1.807) is 12.1 Å². The van der Waals surface area contributed by atoms with E-state index >= 15 is 0 Å². The van der Waals surface area contributed by atoms with E-state index in [9.17, 15) is 10.2 Å². The summed E-state index contributed by atoms with van der Waals surface area (Å²) in [6.45, 7) is 1.91. The van der Waals surface area contributed by atoms with Gasteiger partial charge in [0.05, 0.1) is 0 Å². The van der Waals surface area contributed by atoms with E-state index < -0.39 is 0 Å². The maximum atomic E-state index is 9.50. The minimum Gasteiger partial charge on any atom is -0.504 e. The van der Waals surface area contributed by atoms with E-state index in [1.165, 1.54) is 12.1 Å². The molecule has 3 aromatic rings. The number of nitrogens with zero attached hydrogens (tertiary/aromatic N) is 2. The van der Waals surface area contributed by atoms with Crippen LogP contribution in [-0.4, -0.2) is 20.4 Å². The van der Waals surface area contributed by atoms with Crippen LogP contribution in [0.25, 0.3) is 22.8 Å². The van der Waals surface area contributed by atoms with Gasteiger partial charge in [0.25, 0.3) is 5.89 Å². The first-order valence-corrected chi connectivity index (χ1v) is 6.27. The molecule has 6 heteroatoms. The summed E-state index contributed by atoms with van der Waals surface area (Å²) in [5, 5.41) is 22.7. The SMILES string of the molecule is Cc1ccc(-c2nc(-c3ccc(O)c(O)c3)no2)cc1N. The number of nitrogens with two attached hydrogens (primary N) is 1. The summed E-state index contributed by atoms with van der Waals surface area (Å²) >= 11 is 0. The Hall–Kier alpha value is -3.02. The van der Waals surface area contributed by atoms with Crippen LogP contribution in [0.4, 0.5) is 5.69 Å². The summed E-state index contributed by atoms with van der Waals surface area (Å²) in [5.74, 6) is 0.218. The van der Waals surface area contributed by atoms with Gasteiger partial charge in [0, 0.05) is 16.8 Å². The Bertz CT molecular complexity index is 746. The zero-order valence-corrected chi connectivity index (χ0v) is 11.2. The number of phenolic OH excluding ortho intramolecular Hbond substituents is 2. The van der Waals surface area contributed by atoms with Crippen LogP contribution < -0.4 is 5.73 Å². The van der Waals surface area contributed by atoms with Gasteiger partial charge in [0.1, 0.15) is 0 Å². The van der Waals surface area contributed by atoms with Crippen molar-refractivity contribution in [3.8, 4) is 34.3 Å². The van der Waals surface area contributed by atoms with Gasteiger partial charge in [-0.2, -0.15) is 4.98 Å². The van der Waals surface area contributed by atoms with E-state index in [-0.39, 0.29) is 11.5 Å². The predicted octanol–water partition coefficient (Wildman–Crippen LogP) is 2.71. The Morgan fingerprint density at radius 2 is 1.76 bits per heavy atom. The molecule has 1 heterocycles. The lowest BCUT2D eigenvalue weighted by atomic mass is 10.1. The fourth-order valence-corrected chi connectivity index (χ4v) is 1.89. The number of anilines is 1. The smallest absolute Gasteiger partial charge is 0.258 e. The summed E-state index contributed by atoms with van der Waals surface area (Å²) in [7, 11) is 0. The molecule has 0 fully saturated rings. The average Bonchev–Trinajstić information content (AvgIpc) is 2.94. The number of phenols is 2. The van der Waals surface area contributed by atoms with Gasteiger partial charge in [-0.25, -0.2) is 0 Å².